The van der Waals surface area contributed by atoms with Gasteiger partial charge in [-0.1, -0.05) is 25.4 Å². The lowest BCUT2D eigenvalue weighted by Crippen LogP contribution is -2.37. The van der Waals surface area contributed by atoms with Crippen molar-refractivity contribution < 1.29 is 13.3 Å². The molecule has 3 unspecified atom stereocenters. The highest BCUT2D eigenvalue weighted by atomic mass is 35.5. The molecule has 1 aliphatic rings. The van der Waals surface area contributed by atoms with Crippen molar-refractivity contribution in [1.82, 2.24) is 4.72 Å². The molecule has 3 atom stereocenters. The molecule has 0 bridgehead atoms. The van der Waals surface area contributed by atoms with E-state index < -0.39 is 14.9 Å². The summed E-state index contributed by atoms with van der Waals surface area (Å²) in [5.74, 6) is 0.663. The Hall–Kier alpha value is -1.18. The van der Waals surface area contributed by atoms with Crippen molar-refractivity contribution in [3.05, 3.63) is 33.3 Å². The average Bonchev–Trinajstić information content (AvgIpc) is 2.70. The maximum atomic E-state index is 12.4. The van der Waals surface area contributed by atoms with E-state index in [-0.39, 0.29) is 27.6 Å². The van der Waals surface area contributed by atoms with Crippen LogP contribution in [0.5, 0.6) is 0 Å². The molecule has 2 rings (SSSR count). The number of nitro groups is 1. The van der Waals surface area contributed by atoms with Crippen LogP contribution in [-0.2, 0) is 10.0 Å². The molecule has 0 heterocycles. The van der Waals surface area contributed by atoms with Crippen LogP contribution in [-0.4, -0.2) is 19.4 Å². The predicted octanol–water partition coefficient (Wildman–Crippen LogP) is 2.96. The van der Waals surface area contributed by atoms with E-state index in [1.165, 1.54) is 12.1 Å². The molecule has 0 saturated heterocycles. The van der Waals surface area contributed by atoms with Gasteiger partial charge in [0.2, 0.25) is 10.0 Å². The molecule has 116 valence electrons. The van der Waals surface area contributed by atoms with E-state index in [0.717, 1.165) is 18.9 Å². The predicted molar refractivity (Wildman–Crippen MR) is 79.8 cm³/mol. The fourth-order valence-corrected chi connectivity index (χ4v) is 4.49. The van der Waals surface area contributed by atoms with Gasteiger partial charge in [-0.05, 0) is 30.7 Å². The molecular weight excluding hydrogens is 316 g/mol. The number of rotatable bonds is 4. The maximum absolute atomic E-state index is 12.4. The number of nitrogens with one attached hydrogen (secondary N) is 1. The molecule has 0 radical (unpaired) electrons. The van der Waals surface area contributed by atoms with E-state index in [0.29, 0.717) is 5.92 Å². The minimum Gasteiger partial charge on any atom is -0.258 e. The molecule has 1 aromatic rings. The number of benzene rings is 1. The van der Waals surface area contributed by atoms with Gasteiger partial charge in [-0.15, -0.1) is 0 Å². The van der Waals surface area contributed by atoms with E-state index in [4.69, 9.17) is 11.6 Å². The summed E-state index contributed by atoms with van der Waals surface area (Å²) in [7, 11) is -3.87. The van der Waals surface area contributed by atoms with Crippen LogP contribution in [0.25, 0.3) is 0 Å². The summed E-state index contributed by atoms with van der Waals surface area (Å²) < 4.78 is 27.5. The second kappa shape index (κ2) is 5.90. The summed E-state index contributed by atoms with van der Waals surface area (Å²) in [5, 5.41) is 10.8. The fraction of sp³-hybridized carbons (Fsp3) is 0.538. The third-order valence-corrected chi connectivity index (χ3v) is 6.16. The summed E-state index contributed by atoms with van der Waals surface area (Å²) in [6, 6.07) is 3.24. The molecule has 8 heteroatoms. The van der Waals surface area contributed by atoms with Crippen LogP contribution in [0.15, 0.2) is 23.1 Å². The van der Waals surface area contributed by atoms with Gasteiger partial charge in [0.1, 0.15) is 4.90 Å². The Morgan fingerprint density at radius 3 is 2.52 bits per heavy atom. The highest BCUT2D eigenvalue weighted by molar-refractivity contribution is 7.89. The summed E-state index contributed by atoms with van der Waals surface area (Å²) >= 11 is 5.89. The Bertz CT molecular complexity index is 662. The van der Waals surface area contributed by atoms with E-state index >= 15 is 0 Å². The van der Waals surface area contributed by atoms with Crippen LogP contribution in [0, 0.1) is 22.0 Å². The van der Waals surface area contributed by atoms with Crippen LogP contribution in [0.3, 0.4) is 0 Å². The largest absolute Gasteiger partial charge is 0.270 e. The molecule has 0 amide bonds. The molecule has 6 nitrogen and oxygen atoms in total. The first-order valence-electron chi connectivity index (χ1n) is 6.68. The van der Waals surface area contributed by atoms with Crippen molar-refractivity contribution in [2.24, 2.45) is 11.8 Å². The van der Waals surface area contributed by atoms with E-state index in [2.05, 4.69) is 11.6 Å². The molecule has 1 N–H and O–H groups in total. The van der Waals surface area contributed by atoms with Crippen molar-refractivity contribution in [3.63, 3.8) is 0 Å². The van der Waals surface area contributed by atoms with Gasteiger partial charge in [0.15, 0.2) is 0 Å². The molecule has 1 aromatic carbocycles. The van der Waals surface area contributed by atoms with Crippen LogP contribution in [0.1, 0.15) is 26.7 Å². The number of nitro benzene ring substituents is 1. The third kappa shape index (κ3) is 3.36. The molecule has 21 heavy (non-hydrogen) atoms. The Labute approximate surface area is 128 Å². The Kier molecular flexibility index (Phi) is 4.55. The van der Waals surface area contributed by atoms with Crippen molar-refractivity contribution >= 4 is 27.3 Å². The van der Waals surface area contributed by atoms with E-state index in [9.17, 15) is 18.5 Å². The van der Waals surface area contributed by atoms with Gasteiger partial charge in [0.25, 0.3) is 5.69 Å². The lowest BCUT2D eigenvalue weighted by Gasteiger charge is -2.20. The first-order valence-corrected chi connectivity index (χ1v) is 8.55. The lowest BCUT2D eigenvalue weighted by molar-refractivity contribution is -0.385. The minimum absolute atomic E-state index is 0.0215. The van der Waals surface area contributed by atoms with Gasteiger partial charge >= 0.3 is 0 Å². The maximum Gasteiger partial charge on any atom is 0.270 e. The van der Waals surface area contributed by atoms with Gasteiger partial charge in [-0.2, -0.15) is 0 Å². The number of halogens is 1. The highest BCUT2D eigenvalue weighted by Gasteiger charge is 2.34. The third-order valence-electron chi connectivity index (χ3n) is 4.19. The van der Waals surface area contributed by atoms with Crippen LogP contribution < -0.4 is 4.72 Å². The highest BCUT2D eigenvalue weighted by Crippen LogP contribution is 2.33. The number of non-ortho nitro benzene ring substituents is 1. The quantitative estimate of drug-likeness (QED) is 0.678. The summed E-state index contributed by atoms with van der Waals surface area (Å²) in [4.78, 5) is 9.89. The van der Waals surface area contributed by atoms with Gasteiger partial charge in [-0.3, -0.25) is 10.1 Å². The smallest absolute Gasteiger partial charge is 0.258 e. The molecule has 1 aliphatic carbocycles. The zero-order valence-electron chi connectivity index (χ0n) is 11.7. The van der Waals surface area contributed by atoms with Gasteiger partial charge in [-0.25, -0.2) is 13.1 Å². The first kappa shape index (κ1) is 16.2. The second-order valence-corrected chi connectivity index (χ2v) is 7.60. The van der Waals surface area contributed by atoms with Crippen molar-refractivity contribution in [3.8, 4) is 0 Å². The SMILES string of the molecule is CC1CCC(NS(=O)(=O)c2cc([N+](=O)[O-])ccc2Cl)C1C. The summed E-state index contributed by atoms with van der Waals surface area (Å²) in [6.07, 6.45) is 1.71. The topological polar surface area (TPSA) is 89.3 Å². The normalized spacial score (nSPS) is 26.0. The zero-order valence-corrected chi connectivity index (χ0v) is 13.3. The van der Waals surface area contributed by atoms with Crippen molar-refractivity contribution in [1.29, 1.82) is 0 Å². The van der Waals surface area contributed by atoms with Crippen LogP contribution in [0.4, 0.5) is 5.69 Å². The van der Waals surface area contributed by atoms with Crippen LogP contribution >= 0.6 is 11.6 Å². The van der Waals surface area contributed by atoms with Crippen molar-refractivity contribution in [2.75, 3.05) is 0 Å². The standard InChI is InChI=1S/C13H17ClN2O4S/c1-8-3-6-12(9(8)2)15-21(19,20)13-7-10(16(17)18)4-5-11(13)14/h4-5,7-9,12,15H,3,6H2,1-2H3. The Balaban J connectivity index is 2.31. The molecule has 0 spiro atoms. The number of nitrogens with zero attached hydrogens (tertiary/aromatic N) is 1. The molecule has 0 aliphatic heterocycles. The number of hydrogen-bond acceptors (Lipinski definition) is 4. The molecule has 1 saturated carbocycles. The summed E-state index contributed by atoms with van der Waals surface area (Å²) in [6.45, 7) is 4.08. The lowest BCUT2D eigenvalue weighted by atomic mass is 9.98. The van der Waals surface area contributed by atoms with E-state index in [1.54, 1.807) is 0 Å². The number of sulfonamides is 1. The summed E-state index contributed by atoms with van der Waals surface area (Å²) in [5.41, 5.74) is -0.299. The van der Waals surface area contributed by atoms with E-state index in [1.807, 2.05) is 6.92 Å². The minimum atomic E-state index is -3.87. The van der Waals surface area contributed by atoms with Gasteiger partial charge < -0.3 is 0 Å². The first-order chi connectivity index (χ1) is 9.72. The average molecular weight is 333 g/mol. The van der Waals surface area contributed by atoms with Crippen molar-refractivity contribution in [2.45, 2.75) is 37.6 Å². The second-order valence-electron chi connectivity index (χ2n) is 5.51. The fourth-order valence-electron chi connectivity index (χ4n) is 2.61. The molecule has 1 fully saturated rings. The van der Waals surface area contributed by atoms with Crippen LogP contribution in [0.2, 0.25) is 5.02 Å². The number of hydrogen-bond donors (Lipinski definition) is 1. The monoisotopic (exact) mass is 332 g/mol. The molecular formula is C13H17ClN2O4S. The molecule has 0 aromatic heterocycles. The van der Waals surface area contributed by atoms with Gasteiger partial charge in [0.05, 0.1) is 9.95 Å². The Morgan fingerprint density at radius 1 is 1.33 bits per heavy atom. The Morgan fingerprint density at radius 2 is 2.00 bits per heavy atom. The zero-order chi connectivity index (χ0) is 15.8. The van der Waals surface area contributed by atoms with Gasteiger partial charge in [0, 0.05) is 18.2 Å².